The summed E-state index contributed by atoms with van der Waals surface area (Å²) in [5, 5.41) is 0. The molecule has 1 amide bonds. The number of hydrogen-bond acceptors (Lipinski definition) is 4. The van der Waals surface area contributed by atoms with Gasteiger partial charge in [-0.25, -0.2) is 0 Å². The molecule has 5 nitrogen and oxygen atoms in total. The fraction of sp³-hybridized carbons (Fsp3) is 0.562. The number of ether oxygens (including phenoxy) is 1. The van der Waals surface area contributed by atoms with Gasteiger partial charge < -0.3 is 20.3 Å². The van der Waals surface area contributed by atoms with Crippen molar-refractivity contribution in [2.45, 2.75) is 19.3 Å². The van der Waals surface area contributed by atoms with Crippen LogP contribution in [0.1, 0.15) is 19.3 Å². The Morgan fingerprint density at radius 3 is 2.52 bits per heavy atom. The molecule has 1 aliphatic heterocycles. The zero-order valence-electron chi connectivity index (χ0n) is 12.8. The van der Waals surface area contributed by atoms with Crippen molar-refractivity contribution in [3.05, 3.63) is 24.3 Å². The minimum absolute atomic E-state index is 0.209. The Morgan fingerprint density at radius 2 is 1.95 bits per heavy atom. The number of methoxy groups -OCH3 is 1. The number of anilines is 1. The summed E-state index contributed by atoms with van der Waals surface area (Å²) in [7, 11) is 1.65. The minimum atomic E-state index is 0.209. The van der Waals surface area contributed by atoms with Gasteiger partial charge in [-0.3, -0.25) is 4.79 Å². The van der Waals surface area contributed by atoms with Crippen LogP contribution in [0.5, 0.6) is 5.75 Å². The van der Waals surface area contributed by atoms with Gasteiger partial charge in [-0.2, -0.15) is 0 Å². The fourth-order valence-electron chi connectivity index (χ4n) is 2.60. The molecule has 0 unspecified atom stereocenters. The van der Waals surface area contributed by atoms with Gasteiger partial charge in [0.05, 0.1) is 13.7 Å². The summed E-state index contributed by atoms with van der Waals surface area (Å²) in [4.78, 5) is 16.4. The molecule has 0 bridgehead atoms. The highest BCUT2D eigenvalue weighted by molar-refractivity contribution is 5.81. The predicted octanol–water partition coefficient (Wildman–Crippen LogP) is 1.47. The van der Waals surface area contributed by atoms with Gasteiger partial charge in [-0.1, -0.05) is 0 Å². The summed E-state index contributed by atoms with van der Waals surface area (Å²) >= 11 is 0. The van der Waals surface area contributed by atoms with Crippen molar-refractivity contribution in [2.75, 3.05) is 44.7 Å². The standard InChI is InChI=1S/C16H25N3O2/c1-21-15-7-5-14(6-8-15)19(12-4-9-17)13-16(20)18-10-2-3-11-18/h5-8H,2-4,9-13,17H2,1H3. The van der Waals surface area contributed by atoms with Crippen LogP contribution >= 0.6 is 0 Å². The number of likely N-dealkylation sites (tertiary alicyclic amines) is 1. The maximum Gasteiger partial charge on any atom is 0.242 e. The third-order valence-electron chi connectivity index (χ3n) is 3.85. The zero-order chi connectivity index (χ0) is 15.1. The number of benzene rings is 1. The summed E-state index contributed by atoms with van der Waals surface area (Å²) in [6, 6.07) is 7.83. The molecule has 1 aromatic rings. The number of nitrogens with zero attached hydrogens (tertiary/aromatic N) is 2. The Bertz CT molecular complexity index is 441. The van der Waals surface area contributed by atoms with Crippen molar-refractivity contribution in [2.24, 2.45) is 5.73 Å². The van der Waals surface area contributed by atoms with Gasteiger partial charge in [0.25, 0.3) is 0 Å². The predicted molar refractivity (Wildman–Crippen MR) is 84.7 cm³/mol. The Hall–Kier alpha value is -1.75. The highest BCUT2D eigenvalue weighted by Gasteiger charge is 2.20. The Kier molecular flexibility index (Phi) is 5.87. The smallest absolute Gasteiger partial charge is 0.242 e. The first-order valence-electron chi connectivity index (χ1n) is 7.61. The number of carbonyl (C=O) groups is 1. The van der Waals surface area contributed by atoms with Gasteiger partial charge >= 0.3 is 0 Å². The van der Waals surface area contributed by atoms with Crippen LogP contribution in [0.15, 0.2) is 24.3 Å². The van der Waals surface area contributed by atoms with Gasteiger partial charge in [0.15, 0.2) is 0 Å². The van der Waals surface area contributed by atoms with Crippen molar-refractivity contribution in [1.29, 1.82) is 0 Å². The minimum Gasteiger partial charge on any atom is -0.497 e. The summed E-state index contributed by atoms with van der Waals surface area (Å²) in [5.41, 5.74) is 6.65. The van der Waals surface area contributed by atoms with Crippen LogP contribution < -0.4 is 15.4 Å². The van der Waals surface area contributed by atoms with E-state index in [9.17, 15) is 4.79 Å². The quantitative estimate of drug-likeness (QED) is 0.826. The zero-order valence-corrected chi connectivity index (χ0v) is 12.8. The van der Waals surface area contributed by atoms with Crippen molar-refractivity contribution in [1.82, 2.24) is 4.90 Å². The Morgan fingerprint density at radius 1 is 1.29 bits per heavy atom. The van der Waals surface area contributed by atoms with Gasteiger partial charge in [-0.15, -0.1) is 0 Å². The van der Waals surface area contributed by atoms with Gasteiger partial charge in [0, 0.05) is 25.3 Å². The van der Waals surface area contributed by atoms with Crippen molar-refractivity contribution >= 4 is 11.6 Å². The van der Waals surface area contributed by atoms with Gasteiger partial charge in [0.1, 0.15) is 5.75 Å². The van der Waals surface area contributed by atoms with E-state index in [0.29, 0.717) is 13.1 Å². The summed E-state index contributed by atoms with van der Waals surface area (Å²) in [6.45, 7) is 3.64. The molecule has 2 N–H and O–H groups in total. The van der Waals surface area contributed by atoms with Crippen LogP contribution in [-0.4, -0.2) is 50.6 Å². The lowest BCUT2D eigenvalue weighted by molar-refractivity contribution is -0.128. The van der Waals surface area contributed by atoms with Crippen molar-refractivity contribution in [3.8, 4) is 5.75 Å². The highest BCUT2D eigenvalue weighted by Crippen LogP contribution is 2.20. The number of hydrogen-bond donors (Lipinski definition) is 1. The molecule has 1 aromatic carbocycles. The largest absolute Gasteiger partial charge is 0.497 e. The van der Waals surface area contributed by atoms with E-state index in [1.807, 2.05) is 29.2 Å². The van der Waals surface area contributed by atoms with Crippen molar-refractivity contribution < 1.29 is 9.53 Å². The SMILES string of the molecule is COc1ccc(N(CCCN)CC(=O)N2CCCC2)cc1. The number of amides is 1. The third kappa shape index (κ3) is 4.36. The van der Waals surface area contributed by atoms with E-state index >= 15 is 0 Å². The second-order valence-electron chi connectivity index (χ2n) is 5.35. The molecular formula is C16H25N3O2. The molecular weight excluding hydrogens is 266 g/mol. The van der Waals surface area contributed by atoms with E-state index in [4.69, 9.17) is 10.5 Å². The van der Waals surface area contributed by atoms with Crippen LogP contribution in [0, 0.1) is 0 Å². The second kappa shape index (κ2) is 7.88. The fourth-order valence-corrected chi connectivity index (χ4v) is 2.60. The lowest BCUT2D eigenvalue weighted by atomic mass is 10.2. The molecule has 0 atom stereocenters. The maximum absolute atomic E-state index is 12.3. The van der Waals surface area contributed by atoms with E-state index in [0.717, 1.165) is 50.3 Å². The molecule has 0 radical (unpaired) electrons. The first-order chi connectivity index (χ1) is 10.2. The molecule has 5 heteroatoms. The van der Waals surface area contributed by atoms with E-state index in [2.05, 4.69) is 4.90 Å². The molecule has 0 spiro atoms. The first-order valence-corrected chi connectivity index (χ1v) is 7.61. The average Bonchev–Trinajstić information content (AvgIpc) is 3.06. The summed E-state index contributed by atoms with van der Waals surface area (Å²) in [6.07, 6.45) is 3.12. The van der Waals surface area contributed by atoms with Crippen LogP contribution in [0.3, 0.4) is 0 Å². The van der Waals surface area contributed by atoms with Crippen LogP contribution in [-0.2, 0) is 4.79 Å². The summed E-state index contributed by atoms with van der Waals surface area (Å²) < 4.78 is 5.18. The molecule has 1 saturated heterocycles. The lowest BCUT2D eigenvalue weighted by Gasteiger charge is -2.26. The van der Waals surface area contributed by atoms with E-state index in [1.54, 1.807) is 7.11 Å². The molecule has 0 saturated carbocycles. The highest BCUT2D eigenvalue weighted by atomic mass is 16.5. The molecule has 1 fully saturated rings. The normalized spacial score (nSPS) is 14.3. The van der Waals surface area contributed by atoms with Crippen LogP contribution in [0.25, 0.3) is 0 Å². The van der Waals surface area contributed by atoms with Crippen molar-refractivity contribution in [3.63, 3.8) is 0 Å². The molecule has 0 aliphatic carbocycles. The molecule has 116 valence electrons. The second-order valence-corrected chi connectivity index (χ2v) is 5.35. The maximum atomic E-state index is 12.3. The Balaban J connectivity index is 2.03. The molecule has 1 heterocycles. The summed E-state index contributed by atoms with van der Waals surface area (Å²) in [5.74, 6) is 1.03. The van der Waals surface area contributed by atoms with E-state index in [1.165, 1.54) is 0 Å². The third-order valence-corrected chi connectivity index (χ3v) is 3.85. The number of nitrogens with two attached hydrogens (primary N) is 1. The molecule has 21 heavy (non-hydrogen) atoms. The number of rotatable bonds is 7. The van der Waals surface area contributed by atoms with Crippen LogP contribution in [0.2, 0.25) is 0 Å². The monoisotopic (exact) mass is 291 g/mol. The number of carbonyl (C=O) groups excluding carboxylic acids is 1. The molecule has 1 aliphatic rings. The topological polar surface area (TPSA) is 58.8 Å². The lowest BCUT2D eigenvalue weighted by Crippen LogP contribution is -2.39. The van der Waals surface area contributed by atoms with Gasteiger partial charge in [-0.05, 0) is 50.1 Å². The van der Waals surface area contributed by atoms with Crippen LogP contribution in [0.4, 0.5) is 5.69 Å². The molecule has 2 rings (SSSR count). The molecule has 0 aromatic heterocycles. The van der Waals surface area contributed by atoms with E-state index < -0.39 is 0 Å². The first kappa shape index (κ1) is 15.6. The average molecular weight is 291 g/mol. The van der Waals surface area contributed by atoms with Gasteiger partial charge in [0.2, 0.25) is 5.91 Å². The Labute approximate surface area is 126 Å². The van der Waals surface area contributed by atoms with E-state index in [-0.39, 0.29) is 5.91 Å².